The first kappa shape index (κ1) is 19.5. The second kappa shape index (κ2) is 7.98. The van der Waals surface area contributed by atoms with Crippen LogP contribution in [-0.2, 0) is 11.3 Å². The van der Waals surface area contributed by atoms with Crippen LogP contribution in [0.15, 0.2) is 43.1 Å². The minimum Gasteiger partial charge on any atom is -0.356 e. The van der Waals surface area contributed by atoms with Crippen molar-refractivity contribution in [1.82, 2.24) is 30.0 Å². The highest BCUT2D eigenvalue weighted by atomic mass is 16.2. The van der Waals surface area contributed by atoms with Crippen molar-refractivity contribution in [2.24, 2.45) is 5.41 Å². The Bertz CT molecular complexity index is 1060. The van der Waals surface area contributed by atoms with E-state index in [1.54, 1.807) is 11.0 Å². The van der Waals surface area contributed by atoms with E-state index in [1.807, 2.05) is 25.3 Å². The maximum absolute atomic E-state index is 12.3. The van der Waals surface area contributed by atoms with Gasteiger partial charge in [-0.05, 0) is 43.9 Å². The topological polar surface area (TPSA) is 101 Å². The van der Waals surface area contributed by atoms with E-state index in [0.29, 0.717) is 12.5 Å². The molecule has 0 atom stereocenters. The Morgan fingerprint density at radius 1 is 1.16 bits per heavy atom. The molecule has 9 heteroatoms. The zero-order chi connectivity index (χ0) is 21.3. The smallest absolute Gasteiger partial charge is 0.229 e. The van der Waals surface area contributed by atoms with Gasteiger partial charge in [0.05, 0.1) is 12.0 Å². The van der Waals surface area contributed by atoms with Gasteiger partial charge in [0.2, 0.25) is 11.9 Å². The van der Waals surface area contributed by atoms with Gasteiger partial charge in [0.1, 0.15) is 18.5 Å². The van der Waals surface area contributed by atoms with Crippen LogP contribution in [0.2, 0.25) is 0 Å². The van der Waals surface area contributed by atoms with Crippen molar-refractivity contribution in [3.63, 3.8) is 0 Å². The lowest BCUT2D eigenvalue weighted by atomic mass is 9.77. The van der Waals surface area contributed by atoms with Gasteiger partial charge in [0, 0.05) is 37.1 Å². The van der Waals surface area contributed by atoms with Gasteiger partial charge in [-0.1, -0.05) is 12.1 Å². The molecule has 0 radical (unpaired) electrons. The van der Waals surface area contributed by atoms with Crippen LogP contribution in [-0.4, -0.2) is 50.3 Å². The fourth-order valence-electron chi connectivity index (χ4n) is 4.48. The number of aromatic nitrogens is 5. The molecule has 3 aromatic rings. The lowest BCUT2D eigenvalue weighted by Crippen LogP contribution is -2.44. The number of amides is 1. The lowest BCUT2D eigenvalue weighted by Gasteiger charge is -2.38. The van der Waals surface area contributed by atoms with Crippen LogP contribution in [0.3, 0.4) is 0 Å². The zero-order valence-corrected chi connectivity index (χ0v) is 17.6. The van der Waals surface area contributed by atoms with Gasteiger partial charge in [-0.15, -0.1) is 0 Å². The molecule has 2 aliphatic rings. The molecule has 2 N–H and O–H groups in total. The van der Waals surface area contributed by atoms with Gasteiger partial charge >= 0.3 is 0 Å². The van der Waals surface area contributed by atoms with Gasteiger partial charge < -0.3 is 15.5 Å². The van der Waals surface area contributed by atoms with Crippen LogP contribution in [0.1, 0.15) is 30.4 Å². The minimum atomic E-state index is -0.174. The zero-order valence-electron chi connectivity index (χ0n) is 17.6. The van der Waals surface area contributed by atoms with Crippen LogP contribution < -0.4 is 15.5 Å². The fourth-order valence-corrected chi connectivity index (χ4v) is 4.48. The predicted octanol–water partition coefficient (Wildman–Crippen LogP) is 2.27. The molecule has 2 aromatic heterocycles. The molecule has 0 bridgehead atoms. The van der Waals surface area contributed by atoms with E-state index >= 15 is 0 Å². The number of rotatable bonds is 5. The minimum absolute atomic E-state index is 0.174. The summed E-state index contributed by atoms with van der Waals surface area (Å²) < 4.78 is 1.79. The predicted molar refractivity (Wildman–Crippen MR) is 117 cm³/mol. The van der Waals surface area contributed by atoms with E-state index < -0.39 is 0 Å². The SMILES string of the molecule is Cc1cnc(Nc2ccc(Cn3cncn3)cc2)nc1N1CCC2(CCNC2=O)CC1. The molecule has 2 aliphatic heterocycles. The van der Waals surface area contributed by atoms with E-state index in [2.05, 4.69) is 42.7 Å². The van der Waals surface area contributed by atoms with Crippen molar-refractivity contribution in [2.75, 3.05) is 29.9 Å². The van der Waals surface area contributed by atoms with Crippen LogP contribution >= 0.6 is 0 Å². The summed E-state index contributed by atoms with van der Waals surface area (Å²) in [4.78, 5) is 27.8. The van der Waals surface area contributed by atoms with Crippen molar-refractivity contribution >= 4 is 23.4 Å². The number of piperidine rings is 1. The van der Waals surface area contributed by atoms with E-state index in [0.717, 1.165) is 61.5 Å². The molecule has 1 amide bonds. The number of hydrogen-bond donors (Lipinski definition) is 2. The standard InChI is InChI=1S/C22H26N8O/c1-16-12-25-21(27-18-4-2-17(3-5-18)13-30-15-23-14-26-30)28-19(16)29-10-7-22(8-11-29)6-9-24-20(22)31/h2-5,12,14-15H,6-11,13H2,1H3,(H,24,31)(H,25,27,28). The van der Waals surface area contributed by atoms with Crippen LogP contribution in [0.5, 0.6) is 0 Å². The Labute approximate surface area is 180 Å². The second-order valence-corrected chi connectivity index (χ2v) is 8.39. The molecule has 0 aliphatic carbocycles. The number of carbonyl (C=O) groups excluding carboxylic acids is 1. The fraction of sp³-hybridized carbons (Fsp3) is 0.409. The number of hydrogen-bond acceptors (Lipinski definition) is 7. The van der Waals surface area contributed by atoms with Crippen LogP contribution in [0.4, 0.5) is 17.5 Å². The first-order valence-electron chi connectivity index (χ1n) is 10.7. The average molecular weight is 419 g/mol. The first-order valence-corrected chi connectivity index (χ1v) is 10.7. The Balaban J connectivity index is 1.26. The monoisotopic (exact) mass is 418 g/mol. The van der Waals surface area contributed by atoms with Crippen molar-refractivity contribution in [1.29, 1.82) is 0 Å². The summed E-state index contributed by atoms with van der Waals surface area (Å²) in [5, 5.41) is 10.4. The summed E-state index contributed by atoms with van der Waals surface area (Å²) in [7, 11) is 0. The molecule has 4 heterocycles. The summed E-state index contributed by atoms with van der Waals surface area (Å²) in [6.07, 6.45) is 7.79. The highest BCUT2D eigenvalue weighted by molar-refractivity contribution is 5.85. The first-order chi connectivity index (χ1) is 15.1. The molecule has 2 fully saturated rings. The number of nitrogens with zero attached hydrogens (tertiary/aromatic N) is 6. The van der Waals surface area contributed by atoms with Crippen molar-refractivity contribution < 1.29 is 4.79 Å². The molecule has 2 saturated heterocycles. The summed E-state index contributed by atoms with van der Waals surface area (Å²) in [6.45, 7) is 5.19. The molecule has 1 spiro atoms. The molecule has 0 unspecified atom stereocenters. The second-order valence-electron chi connectivity index (χ2n) is 8.39. The third-order valence-electron chi connectivity index (χ3n) is 6.36. The number of anilines is 3. The van der Waals surface area contributed by atoms with Crippen molar-refractivity contribution in [3.8, 4) is 0 Å². The summed E-state index contributed by atoms with van der Waals surface area (Å²) in [6, 6.07) is 8.13. The normalized spacial score (nSPS) is 17.7. The van der Waals surface area contributed by atoms with Gasteiger partial charge in [0.15, 0.2) is 0 Å². The maximum atomic E-state index is 12.3. The van der Waals surface area contributed by atoms with E-state index in [-0.39, 0.29) is 11.3 Å². The molecule has 160 valence electrons. The molecular formula is C22H26N8O. The third kappa shape index (κ3) is 3.95. The number of aryl methyl sites for hydroxylation is 1. The molecular weight excluding hydrogens is 392 g/mol. The number of benzene rings is 1. The summed E-state index contributed by atoms with van der Waals surface area (Å²) >= 11 is 0. The van der Waals surface area contributed by atoms with Gasteiger partial charge in [-0.3, -0.25) is 4.79 Å². The van der Waals surface area contributed by atoms with Gasteiger partial charge in [0.25, 0.3) is 0 Å². The number of nitrogens with one attached hydrogen (secondary N) is 2. The Morgan fingerprint density at radius 3 is 2.65 bits per heavy atom. The Morgan fingerprint density at radius 2 is 1.97 bits per heavy atom. The van der Waals surface area contributed by atoms with E-state index in [4.69, 9.17) is 4.98 Å². The summed E-state index contributed by atoms with van der Waals surface area (Å²) in [5.41, 5.74) is 2.93. The largest absolute Gasteiger partial charge is 0.356 e. The molecule has 0 saturated carbocycles. The van der Waals surface area contributed by atoms with Crippen LogP contribution in [0.25, 0.3) is 0 Å². The Kier molecular flexibility index (Phi) is 5.01. The van der Waals surface area contributed by atoms with Gasteiger partial charge in [-0.25, -0.2) is 14.6 Å². The molecule has 9 nitrogen and oxygen atoms in total. The van der Waals surface area contributed by atoms with Crippen molar-refractivity contribution in [2.45, 2.75) is 32.7 Å². The quantitative estimate of drug-likeness (QED) is 0.655. The van der Waals surface area contributed by atoms with Gasteiger partial charge in [-0.2, -0.15) is 10.1 Å². The van der Waals surface area contributed by atoms with E-state index in [1.165, 1.54) is 6.33 Å². The average Bonchev–Trinajstić information content (AvgIpc) is 3.42. The van der Waals surface area contributed by atoms with E-state index in [9.17, 15) is 4.79 Å². The highest BCUT2D eigenvalue weighted by Gasteiger charge is 2.44. The highest BCUT2D eigenvalue weighted by Crippen LogP contribution is 2.39. The molecule has 5 rings (SSSR count). The molecule has 31 heavy (non-hydrogen) atoms. The molecule has 1 aromatic carbocycles. The lowest BCUT2D eigenvalue weighted by molar-refractivity contribution is -0.128. The number of carbonyl (C=O) groups is 1. The maximum Gasteiger partial charge on any atom is 0.229 e. The summed E-state index contributed by atoms with van der Waals surface area (Å²) in [5.74, 6) is 1.73. The third-order valence-corrected chi connectivity index (χ3v) is 6.36. The van der Waals surface area contributed by atoms with Crippen molar-refractivity contribution in [3.05, 3.63) is 54.2 Å². The van der Waals surface area contributed by atoms with Crippen LogP contribution in [0, 0.1) is 12.3 Å². The Hall–Kier alpha value is -3.49.